The van der Waals surface area contributed by atoms with Gasteiger partial charge in [0.2, 0.25) is 0 Å². The number of aromatic nitrogens is 1. The van der Waals surface area contributed by atoms with Crippen molar-refractivity contribution in [2.75, 3.05) is 0 Å². The Morgan fingerprint density at radius 3 is 2.41 bits per heavy atom. The molecule has 2 aromatic rings. The molecule has 3 heteroatoms. The minimum atomic E-state index is -0.885. The molecule has 0 aliphatic rings. The summed E-state index contributed by atoms with van der Waals surface area (Å²) in [5.41, 5.74) is 3.97. The van der Waals surface area contributed by atoms with Crippen molar-refractivity contribution in [1.29, 1.82) is 0 Å². The second kappa shape index (κ2) is 4.45. The van der Waals surface area contributed by atoms with Gasteiger partial charge < -0.3 is 9.67 Å². The third kappa shape index (κ3) is 2.75. The van der Waals surface area contributed by atoms with Gasteiger partial charge in [-0.2, -0.15) is 0 Å². The van der Waals surface area contributed by atoms with Crippen molar-refractivity contribution in [3.63, 3.8) is 0 Å². The van der Waals surface area contributed by atoms with Gasteiger partial charge in [0.25, 0.3) is 0 Å². The van der Waals surface area contributed by atoms with Crippen molar-refractivity contribution in [3.8, 4) is 0 Å². The zero-order valence-electron chi connectivity index (χ0n) is 9.97. The molecule has 0 unspecified atom stereocenters. The number of carboxylic acid groups (broad SMARTS) is 1. The van der Waals surface area contributed by atoms with Crippen LogP contribution in [-0.4, -0.2) is 15.6 Å². The first-order valence-corrected chi connectivity index (χ1v) is 5.51. The van der Waals surface area contributed by atoms with Crippen molar-refractivity contribution in [2.45, 2.75) is 20.4 Å². The number of carbonyl (C=O) groups is 1. The Bertz CT molecular complexity index is 535. The zero-order valence-corrected chi connectivity index (χ0v) is 9.97. The van der Waals surface area contributed by atoms with Gasteiger partial charge in [-0.15, -0.1) is 0 Å². The highest BCUT2D eigenvalue weighted by atomic mass is 16.4. The first kappa shape index (κ1) is 11.5. The molecule has 3 nitrogen and oxygen atoms in total. The second-order valence-corrected chi connectivity index (χ2v) is 4.37. The lowest BCUT2D eigenvalue weighted by atomic mass is 10.1. The third-order valence-electron chi connectivity index (χ3n) is 2.64. The number of aryl methyl sites for hydroxylation is 2. The van der Waals surface area contributed by atoms with Gasteiger partial charge in [0.15, 0.2) is 0 Å². The van der Waals surface area contributed by atoms with E-state index >= 15 is 0 Å². The van der Waals surface area contributed by atoms with Crippen LogP contribution in [0.15, 0.2) is 36.7 Å². The van der Waals surface area contributed by atoms with E-state index in [1.54, 1.807) is 18.5 Å². The molecule has 1 N–H and O–H groups in total. The molecular formula is C14H15NO2. The van der Waals surface area contributed by atoms with Crippen LogP contribution in [0.2, 0.25) is 0 Å². The van der Waals surface area contributed by atoms with Gasteiger partial charge in [0.05, 0.1) is 5.56 Å². The van der Waals surface area contributed by atoms with Crippen LogP contribution >= 0.6 is 0 Å². The minimum absolute atomic E-state index is 0.328. The second-order valence-electron chi connectivity index (χ2n) is 4.37. The largest absolute Gasteiger partial charge is 0.478 e. The van der Waals surface area contributed by atoms with Crippen LogP contribution in [0.3, 0.4) is 0 Å². The van der Waals surface area contributed by atoms with Crippen LogP contribution in [0.1, 0.15) is 27.0 Å². The molecule has 17 heavy (non-hydrogen) atoms. The van der Waals surface area contributed by atoms with Crippen molar-refractivity contribution in [2.24, 2.45) is 0 Å². The summed E-state index contributed by atoms with van der Waals surface area (Å²) in [4.78, 5) is 10.8. The lowest BCUT2D eigenvalue weighted by molar-refractivity contribution is 0.0697. The first-order valence-electron chi connectivity index (χ1n) is 5.51. The Hall–Kier alpha value is -2.03. The molecule has 0 radical (unpaired) electrons. The van der Waals surface area contributed by atoms with Gasteiger partial charge in [-0.3, -0.25) is 0 Å². The zero-order chi connectivity index (χ0) is 12.4. The summed E-state index contributed by atoms with van der Waals surface area (Å²) in [5.74, 6) is -0.885. The molecule has 1 aromatic heterocycles. The number of hydrogen-bond acceptors (Lipinski definition) is 1. The molecule has 0 amide bonds. The molecule has 0 aliphatic carbocycles. The van der Waals surface area contributed by atoms with E-state index < -0.39 is 5.97 Å². The Labute approximate surface area is 100 Å². The average Bonchev–Trinajstić information content (AvgIpc) is 2.64. The summed E-state index contributed by atoms with van der Waals surface area (Å²) >= 11 is 0. The van der Waals surface area contributed by atoms with Crippen LogP contribution in [0.4, 0.5) is 0 Å². The van der Waals surface area contributed by atoms with Crippen LogP contribution in [0, 0.1) is 13.8 Å². The predicted octanol–water partition coefficient (Wildman–Crippen LogP) is 2.85. The molecule has 0 saturated carbocycles. The van der Waals surface area contributed by atoms with E-state index in [2.05, 4.69) is 32.0 Å². The maximum absolute atomic E-state index is 10.8. The molecule has 2 rings (SSSR count). The molecule has 0 saturated heterocycles. The Kier molecular flexibility index (Phi) is 3.00. The van der Waals surface area contributed by atoms with Gasteiger partial charge in [0.1, 0.15) is 0 Å². The van der Waals surface area contributed by atoms with Gasteiger partial charge >= 0.3 is 5.97 Å². The Morgan fingerprint density at radius 1 is 1.24 bits per heavy atom. The average molecular weight is 229 g/mol. The number of rotatable bonds is 3. The molecule has 1 heterocycles. The maximum atomic E-state index is 10.8. The van der Waals surface area contributed by atoms with E-state index in [0.29, 0.717) is 12.1 Å². The predicted molar refractivity (Wildman–Crippen MR) is 66.4 cm³/mol. The lowest BCUT2D eigenvalue weighted by Crippen LogP contribution is -1.99. The smallest absolute Gasteiger partial charge is 0.337 e. The summed E-state index contributed by atoms with van der Waals surface area (Å²) in [6.07, 6.45) is 3.45. The SMILES string of the molecule is Cc1cc(C)cc(Cn2ccc(C(=O)O)c2)c1. The van der Waals surface area contributed by atoms with Crippen molar-refractivity contribution in [1.82, 2.24) is 4.57 Å². The van der Waals surface area contributed by atoms with E-state index in [0.717, 1.165) is 0 Å². The number of nitrogens with zero attached hydrogens (tertiary/aromatic N) is 1. The molecular weight excluding hydrogens is 214 g/mol. The van der Waals surface area contributed by atoms with Gasteiger partial charge in [0, 0.05) is 18.9 Å². The highest BCUT2D eigenvalue weighted by Crippen LogP contribution is 2.11. The maximum Gasteiger partial charge on any atom is 0.337 e. The number of benzene rings is 1. The van der Waals surface area contributed by atoms with Gasteiger partial charge in [-0.1, -0.05) is 29.3 Å². The normalized spacial score (nSPS) is 10.5. The molecule has 1 aromatic carbocycles. The molecule has 88 valence electrons. The van der Waals surface area contributed by atoms with Gasteiger partial charge in [-0.25, -0.2) is 4.79 Å². The third-order valence-corrected chi connectivity index (χ3v) is 2.64. The highest BCUT2D eigenvalue weighted by molar-refractivity contribution is 5.87. The number of aromatic carboxylic acids is 1. The summed E-state index contributed by atoms with van der Waals surface area (Å²) < 4.78 is 1.89. The van der Waals surface area contributed by atoms with Crippen LogP contribution < -0.4 is 0 Å². The molecule has 0 aliphatic heterocycles. The molecule has 0 fully saturated rings. The fourth-order valence-electron chi connectivity index (χ4n) is 2.04. The summed E-state index contributed by atoms with van der Waals surface area (Å²) in [6, 6.07) is 7.98. The standard InChI is InChI=1S/C14H15NO2/c1-10-5-11(2)7-12(6-10)8-15-4-3-13(9-15)14(16)17/h3-7,9H,8H2,1-2H3,(H,16,17). The topological polar surface area (TPSA) is 42.2 Å². The van der Waals surface area contributed by atoms with Crippen molar-refractivity contribution >= 4 is 5.97 Å². The Morgan fingerprint density at radius 2 is 1.88 bits per heavy atom. The summed E-state index contributed by atoms with van der Waals surface area (Å²) in [7, 11) is 0. The fourth-order valence-corrected chi connectivity index (χ4v) is 2.04. The van der Waals surface area contributed by atoms with Crippen LogP contribution in [-0.2, 0) is 6.54 Å². The Balaban J connectivity index is 2.22. The van der Waals surface area contributed by atoms with Crippen LogP contribution in [0.25, 0.3) is 0 Å². The number of carboxylic acids is 1. The van der Waals surface area contributed by atoms with E-state index in [1.165, 1.54) is 16.7 Å². The lowest BCUT2D eigenvalue weighted by Gasteiger charge is -2.06. The van der Waals surface area contributed by atoms with Crippen molar-refractivity contribution in [3.05, 3.63) is 58.9 Å². The van der Waals surface area contributed by atoms with Crippen LogP contribution in [0.5, 0.6) is 0 Å². The molecule has 0 atom stereocenters. The quantitative estimate of drug-likeness (QED) is 0.879. The fraction of sp³-hybridized carbons (Fsp3) is 0.214. The highest BCUT2D eigenvalue weighted by Gasteiger charge is 2.04. The van der Waals surface area contributed by atoms with E-state index in [-0.39, 0.29) is 0 Å². The molecule has 0 spiro atoms. The molecule has 0 bridgehead atoms. The monoisotopic (exact) mass is 229 g/mol. The van der Waals surface area contributed by atoms with E-state index in [1.807, 2.05) is 4.57 Å². The number of hydrogen-bond donors (Lipinski definition) is 1. The van der Waals surface area contributed by atoms with Crippen molar-refractivity contribution < 1.29 is 9.90 Å². The minimum Gasteiger partial charge on any atom is -0.478 e. The first-order chi connectivity index (χ1) is 8.04. The summed E-state index contributed by atoms with van der Waals surface area (Å²) in [5, 5.41) is 8.84. The summed E-state index contributed by atoms with van der Waals surface area (Å²) in [6.45, 7) is 4.83. The van der Waals surface area contributed by atoms with E-state index in [9.17, 15) is 4.79 Å². The van der Waals surface area contributed by atoms with E-state index in [4.69, 9.17) is 5.11 Å². The van der Waals surface area contributed by atoms with Gasteiger partial charge in [-0.05, 0) is 25.5 Å².